The van der Waals surface area contributed by atoms with Crippen LogP contribution in [-0.4, -0.2) is 9.13 Å². The van der Waals surface area contributed by atoms with Crippen LogP contribution in [0, 0.1) is 13.8 Å². The predicted octanol–water partition coefficient (Wildman–Crippen LogP) is 8.50. The highest BCUT2D eigenvalue weighted by Gasteiger charge is 2.36. The van der Waals surface area contributed by atoms with E-state index in [-0.39, 0.29) is 5.41 Å². The average molecular weight is 453 g/mol. The van der Waals surface area contributed by atoms with Crippen LogP contribution in [0.15, 0.2) is 97.3 Å². The van der Waals surface area contributed by atoms with Gasteiger partial charge in [-0.05, 0) is 96.8 Å². The van der Waals surface area contributed by atoms with E-state index in [2.05, 4.69) is 134 Å². The van der Waals surface area contributed by atoms with Gasteiger partial charge >= 0.3 is 0 Å². The molecule has 2 aromatic heterocycles. The molecule has 0 spiro atoms. The molecule has 2 heteroatoms. The zero-order chi connectivity index (χ0) is 23.9. The molecular weight excluding hydrogens is 424 g/mol. The zero-order valence-electron chi connectivity index (χ0n) is 20.6. The monoisotopic (exact) mass is 452 g/mol. The summed E-state index contributed by atoms with van der Waals surface area (Å²) in [6.45, 7) is 9.02. The Kier molecular flexibility index (Phi) is 4.06. The van der Waals surface area contributed by atoms with Crippen LogP contribution in [0.2, 0.25) is 0 Å². The standard InChI is InChI=1S/C33H28N2/c1-21-5-11-31-23(17-21)13-15-34(31)25-7-9-27-28-10-8-26(20-30(28)33(3,4)29(27)19-25)35-16-14-24-18-22(2)6-12-32(24)35/h5-20H,1-4H3. The fourth-order valence-electron chi connectivity index (χ4n) is 5.99. The van der Waals surface area contributed by atoms with Gasteiger partial charge in [-0.25, -0.2) is 0 Å². The first-order chi connectivity index (χ1) is 16.9. The van der Waals surface area contributed by atoms with Crippen molar-refractivity contribution in [3.8, 4) is 22.5 Å². The molecule has 170 valence electrons. The lowest BCUT2D eigenvalue weighted by atomic mass is 9.82. The van der Waals surface area contributed by atoms with Crippen LogP contribution < -0.4 is 0 Å². The highest BCUT2D eigenvalue weighted by atomic mass is 15.0. The number of rotatable bonds is 2. The molecule has 2 nitrogen and oxygen atoms in total. The molecule has 0 fully saturated rings. The molecule has 0 bridgehead atoms. The van der Waals surface area contributed by atoms with Crippen LogP contribution in [0.3, 0.4) is 0 Å². The van der Waals surface area contributed by atoms with Crippen molar-refractivity contribution in [3.63, 3.8) is 0 Å². The summed E-state index contributed by atoms with van der Waals surface area (Å²) in [6, 6.07) is 31.7. The Bertz CT molecular complexity index is 1660. The van der Waals surface area contributed by atoms with Gasteiger partial charge in [-0.1, -0.05) is 49.2 Å². The Labute approximate surface area is 206 Å². The van der Waals surface area contributed by atoms with E-state index < -0.39 is 0 Å². The first kappa shape index (κ1) is 20.3. The van der Waals surface area contributed by atoms with Crippen LogP contribution in [0.1, 0.15) is 36.1 Å². The summed E-state index contributed by atoms with van der Waals surface area (Å²) in [5.74, 6) is 0. The fraction of sp³-hybridized carbons (Fsp3) is 0.152. The first-order valence-electron chi connectivity index (χ1n) is 12.4. The lowest BCUT2D eigenvalue weighted by molar-refractivity contribution is 0.659. The summed E-state index contributed by atoms with van der Waals surface area (Å²) < 4.78 is 4.63. The van der Waals surface area contributed by atoms with E-state index in [0.717, 1.165) is 0 Å². The molecular formula is C33H28N2. The molecule has 7 rings (SSSR count). The lowest BCUT2D eigenvalue weighted by Gasteiger charge is -2.23. The summed E-state index contributed by atoms with van der Waals surface area (Å²) in [5.41, 5.74) is 12.9. The first-order valence-corrected chi connectivity index (χ1v) is 12.4. The van der Waals surface area contributed by atoms with Gasteiger partial charge in [0.2, 0.25) is 0 Å². The molecule has 0 atom stereocenters. The predicted molar refractivity (Wildman–Crippen MR) is 147 cm³/mol. The SMILES string of the molecule is Cc1ccc2c(ccn2-c2ccc3c(c2)C(C)(C)c2cc(-n4ccc5cc(C)ccc54)ccc2-3)c1. The number of hydrogen-bond donors (Lipinski definition) is 0. The number of aromatic nitrogens is 2. The number of aryl methyl sites for hydroxylation is 2. The molecule has 35 heavy (non-hydrogen) atoms. The third-order valence-electron chi connectivity index (χ3n) is 7.89. The Balaban J connectivity index is 1.35. The second-order valence-corrected chi connectivity index (χ2v) is 10.6. The average Bonchev–Trinajstić information content (AvgIpc) is 3.52. The van der Waals surface area contributed by atoms with Gasteiger partial charge in [-0.15, -0.1) is 0 Å². The van der Waals surface area contributed by atoms with E-state index in [9.17, 15) is 0 Å². The van der Waals surface area contributed by atoms with Gasteiger partial charge in [0, 0.05) is 40.0 Å². The second kappa shape index (κ2) is 6.99. The molecule has 0 saturated carbocycles. The van der Waals surface area contributed by atoms with Gasteiger partial charge in [-0.3, -0.25) is 0 Å². The number of nitrogens with zero attached hydrogens (tertiary/aromatic N) is 2. The molecule has 0 N–H and O–H groups in total. The van der Waals surface area contributed by atoms with E-state index in [1.165, 1.54) is 66.6 Å². The molecule has 0 unspecified atom stereocenters. The van der Waals surface area contributed by atoms with Crippen LogP contribution in [0.5, 0.6) is 0 Å². The van der Waals surface area contributed by atoms with Crippen molar-refractivity contribution in [2.24, 2.45) is 0 Å². The van der Waals surface area contributed by atoms with Gasteiger partial charge in [0.1, 0.15) is 0 Å². The topological polar surface area (TPSA) is 9.86 Å². The van der Waals surface area contributed by atoms with Crippen LogP contribution in [0.25, 0.3) is 44.3 Å². The normalized spacial score (nSPS) is 13.9. The summed E-state index contributed by atoms with van der Waals surface area (Å²) >= 11 is 0. The highest BCUT2D eigenvalue weighted by Crippen LogP contribution is 2.50. The largest absolute Gasteiger partial charge is 0.317 e. The van der Waals surface area contributed by atoms with E-state index >= 15 is 0 Å². The van der Waals surface area contributed by atoms with Crippen molar-refractivity contribution in [2.75, 3.05) is 0 Å². The molecule has 2 heterocycles. The van der Waals surface area contributed by atoms with Crippen LogP contribution in [-0.2, 0) is 5.41 Å². The molecule has 0 amide bonds. The van der Waals surface area contributed by atoms with E-state index in [4.69, 9.17) is 0 Å². The van der Waals surface area contributed by atoms with Crippen molar-refractivity contribution in [1.82, 2.24) is 9.13 Å². The Morgan fingerprint density at radius 3 is 1.43 bits per heavy atom. The van der Waals surface area contributed by atoms with Crippen molar-refractivity contribution in [1.29, 1.82) is 0 Å². The second-order valence-electron chi connectivity index (χ2n) is 10.6. The van der Waals surface area contributed by atoms with Gasteiger partial charge in [0.15, 0.2) is 0 Å². The maximum absolute atomic E-state index is 2.39. The minimum absolute atomic E-state index is 0.0736. The molecule has 1 aliphatic rings. The summed E-state index contributed by atoms with van der Waals surface area (Å²) in [4.78, 5) is 0. The molecule has 4 aromatic carbocycles. The Morgan fingerprint density at radius 2 is 0.971 bits per heavy atom. The van der Waals surface area contributed by atoms with Crippen molar-refractivity contribution >= 4 is 21.8 Å². The number of hydrogen-bond acceptors (Lipinski definition) is 0. The van der Waals surface area contributed by atoms with E-state index in [1.807, 2.05) is 0 Å². The van der Waals surface area contributed by atoms with Crippen LogP contribution >= 0.6 is 0 Å². The maximum atomic E-state index is 2.39. The highest BCUT2D eigenvalue weighted by molar-refractivity contribution is 5.87. The fourth-order valence-corrected chi connectivity index (χ4v) is 5.99. The van der Waals surface area contributed by atoms with Crippen molar-refractivity contribution in [3.05, 3.63) is 120 Å². The minimum Gasteiger partial charge on any atom is -0.317 e. The van der Waals surface area contributed by atoms with Crippen molar-refractivity contribution < 1.29 is 0 Å². The van der Waals surface area contributed by atoms with Gasteiger partial charge < -0.3 is 9.13 Å². The number of fused-ring (bicyclic) bond motifs is 5. The van der Waals surface area contributed by atoms with Crippen LogP contribution in [0.4, 0.5) is 0 Å². The van der Waals surface area contributed by atoms with Gasteiger partial charge in [0.05, 0.1) is 11.0 Å². The van der Waals surface area contributed by atoms with E-state index in [0.29, 0.717) is 0 Å². The molecule has 0 saturated heterocycles. The number of benzene rings is 4. The quantitative estimate of drug-likeness (QED) is 0.249. The Morgan fingerprint density at radius 1 is 0.514 bits per heavy atom. The third kappa shape index (κ3) is 2.89. The van der Waals surface area contributed by atoms with Gasteiger partial charge in [-0.2, -0.15) is 0 Å². The smallest absolute Gasteiger partial charge is 0.0528 e. The molecule has 0 aliphatic heterocycles. The summed E-state index contributed by atoms with van der Waals surface area (Å²) in [6.07, 6.45) is 4.38. The van der Waals surface area contributed by atoms with E-state index in [1.54, 1.807) is 0 Å². The summed E-state index contributed by atoms with van der Waals surface area (Å²) in [7, 11) is 0. The lowest BCUT2D eigenvalue weighted by Crippen LogP contribution is -2.15. The molecule has 0 radical (unpaired) electrons. The van der Waals surface area contributed by atoms with Crippen molar-refractivity contribution in [2.45, 2.75) is 33.1 Å². The molecule has 6 aromatic rings. The third-order valence-corrected chi connectivity index (χ3v) is 7.89. The Hall–Kier alpha value is -4.04. The van der Waals surface area contributed by atoms with Gasteiger partial charge in [0.25, 0.3) is 0 Å². The minimum atomic E-state index is -0.0736. The zero-order valence-corrected chi connectivity index (χ0v) is 20.6. The maximum Gasteiger partial charge on any atom is 0.0528 e. The summed E-state index contributed by atoms with van der Waals surface area (Å²) in [5, 5.41) is 2.57. The molecule has 1 aliphatic carbocycles.